The second-order valence-corrected chi connectivity index (χ2v) is 16.8. The second-order valence-electron chi connectivity index (χ2n) is 15.4. The molecule has 248 valence electrons. The molecule has 9 rings (SSSR count). The Labute approximate surface area is 281 Å². The lowest BCUT2D eigenvalue weighted by molar-refractivity contribution is 0.294. The van der Waals surface area contributed by atoms with Crippen molar-refractivity contribution < 1.29 is 18.1 Å². The first-order chi connectivity index (χ1) is 23.1. The fraction of sp³-hybridized carbons (Fsp3) is 0.571. The van der Waals surface area contributed by atoms with Gasteiger partial charge in [0.2, 0.25) is 0 Å². The van der Waals surface area contributed by atoms with Crippen LogP contribution in [0.2, 0.25) is 0 Å². The van der Waals surface area contributed by atoms with E-state index < -0.39 is 7.82 Å². The Morgan fingerprint density at radius 3 is 0.851 bits per heavy atom. The van der Waals surface area contributed by atoms with E-state index in [1.165, 1.54) is 108 Å². The van der Waals surface area contributed by atoms with Gasteiger partial charge in [0, 0.05) is 0 Å². The molecule has 0 aromatic heterocycles. The van der Waals surface area contributed by atoms with E-state index in [-0.39, 0.29) is 0 Å². The average Bonchev–Trinajstić information content (AvgIpc) is 3.57. The van der Waals surface area contributed by atoms with Crippen molar-refractivity contribution in [1.82, 2.24) is 0 Å². The van der Waals surface area contributed by atoms with Gasteiger partial charge in [0.15, 0.2) is 0 Å². The molecule has 0 radical (unpaired) electrons. The molecule has 6 aliphatic rings. The van der Waals surface area contributed by atoms with Crippen LogP contribution in [0.15, 0.2) is 18.2 Å². The predicted octanol–water partition coefficient (Wildman–Crippen LogP) is 10.6. The van der Waals surface area contributed by atoms with Crippen molar-refractivity contribution in [2.24, 2.45) is 0 Å². The van der Waals surface area contributed by atoms with E-state index in [1.807, 2.05) is 0 Å². The van der Waals surface area contributed by atoms with Gasteiger partial charge in [0.1, 0.15) is 17.2 Å². The monoisotopic (exact) mass is 650 g/mol. The van der Waals surface area contributed by atoms with Crippen molar-refractivity contribution in [1.29, 1.82) is 0 Å². The van der Waals surface area contributed by atoms with Crippen LogP contribution in [0.25, 0.3) is 0 Å². The summed E-state index contributed by atoms with van der Waals surface area (Å²) >= 11 is 0. The van der Waals surface area contributed by atoms with Crippen LogP contribution < -0.4 is 13.6 Å². The van der Waals surface area contributed by atoms with Crippen LogP contribution in [0, 0.1) is 0 Å². The molecular formula is C42H51O4P. The lowest BCUT2D eigenvalue weighted by atomic mass is 9.93. The minimum Gasteiger partial charge on any atom is -0.386 e. The first kappa shape index (κ1) is 30.4. The third kappa shape index (κ3) is 5.65. The minimum atomic E-state index is -4.14. The average molecular weight is 651 g/mol. The highest BCUT2D eigenvalue weighted by molar-refractivity contribution is 7.49. The highest BCUT2D eigenvalue weighted by Crippen LogP contribution is 2.55. The number of benzene rings is 3. The summed E-state index contributed by atoms with van der Waals surface area (Å²) < 4.78 is 36.3. The summed E-state index contributed by atoms with van der Waals surface area (Å²) in [6, 6.07) is 6.70. The quantitative estimate of drug-likeness (QED) is 0.249. The summed E-state index contributed by atoms with van der Waals surface area (Å²) in [6.45, 7) is 0. The first-order valence-electron chi connectivity index (χ1n) is 19.3. The Morgan fingerprint density at radius 1 is 0.319 bits per heavy atom. The van der Waals surface area contributed by atoms with Gasteiger partial charge in [0.05, 0.1) is 0 Å². The van der Waals surface area contributed by atoms with Gasteiger partial charge in [-0.3, -0.25) is 0 Å². The fourth-order valence-corrected chi connectivity index (χ4v) is 11.5. The Balaban J connectivity index is 1.18. The Morgan fingerprint density at radius 2 is 0.553 bits per heavy atom. The SMILES string of the molecule is O=P(Oc1cc2c3c(c1CCCC3)CCCC2)(Oc1cc2c3c(c1CCCC3)CCCC2)Oc1cc2c3c(c1CCCC3)CCCC2. The van der Waals surface area contributed by atoms with Crippen LogP contribution >= 0.6 is 7.82 Å². The molecule has 0 atom stereocenters. The third-order valence-electron chi connectivity index (χ3n) is 12.5. The molecule has 4 nitrogen and oxygen atoms in total. The van der Waals surface area contributed by atoms with Gasteiger partial charge in [-0.05, 0) is 239 Å². The third-order valence-corrected chi connectivity index (χ3v) is 13.7. The van der Waals surface area contributed by atoms with Crippen molar-refractivity contribution in [2.45, 2.75) is 154 Å². The van der Waals surface area contributed by atoms with Crippen molar-refractivity contribution in [3.05, 3.63) is 85.0 Å². The minimum absolute atomic E-state index is 0.755. The van der Waals surface area contributed by atoms with Crippen LogP contribution in [0.4, 0.5) is 0 Å². The van der Waals surface area contributed by atoms with Crippen LogP contribution in [0.3, 0.4) is 0 Å². The Hall–Kier alpha value is -2.71. The van der Waals surface area contributed by atoms with Crippen LogP contribution in [-0.2, 0) is 81.6 Å². The lowest BCUT2D eigenvalue weighted by Gasteiger charge is -2.26. The topological polar surface area (TPSA) is 44.8 Å². The molecule has 0 fully saturated rings. The maximum absolute atomic E-state index is 15.7. The molecule has 3 aromatic rings. The van der Waals surface area contributed by atoms with Gasteiger partial charge >= 0.3 is 7.82 Å². The number of phosphoric acid groups is 1. The van der Waals surface area contributed by atoms with Gasteiger partial charge in [-0.1, -0.05) is 0 Å². The van der Waals surface area contributed by atoms with Gasteiger partial charge in [-0.15, -0.1) is 0 Å². The fourth-order valence-electron chi connectivity index (χ4n) is 10.2. The zero-order chi connectivity index (χ0) is 31.4. The lowest BCUT2D eigenvalue weighted by Crippen LogP contribution is -2.14. The molecule has 0 spiro atoms. The van der Waals surface area contributed by atoms with Crippen LogP contribution in [0.1, 0.15) is 144 Å². The Kier molecular flexibility index (Phi) is 8.16. The molecule has 0 N–H and O–H groups in total. The molecule has 6 aliphatic carbocycles. The molecule has 0 amide bonds. The summed E-state index contributed by atoms with van der Waals surface area (Å²) in [4.78, 5) is 0. The Bertz CT molecular complexity index is 1570. The second kappa shape index (κ2) is 12.6. The zero-order valence-corrected chi connectivity index (χ0v) is 29.2. The molecular weight excluding hydrogens is 599 g/mol. The van der Waals surface area contributed by atoms with Crippen molar-refractivity contribution in [3.8, 4) is 17.2 Å². The zero-order valence-electron chi connectivity index (χ0n) is 28.3. The standard InChI is InChI=1S/C42H51O4P/c43-47(44-40-25-28-13-1-4-19-34-31(28)16-7-10-22-37(34)40,45-41-26-29-14-2-5-20-35-32(29)17-8-11-23-38(35)41)46-42-27-30-15-3-6-21-36-33(30)18-9-12-24-39(36)42/h25-27H,1-24H2. The summed E-state index contributed by atoms with van der Waals surface area (Å²) in [5.74, 6) is 2.26. The summed E-state index contributed by atoms with van der Waals surface area (Å²) in [7, 11) is -4.14. The van der Waals surface area contributed by atoms with Gasteiger partial charge in [0.25, 0.3) is 0 Å². The van der Waals surface area contributed by atoms with Crippen LogP contribution in [0.5, 0.6) is 17.2 Å². The van der Waals surface area contributed by atoms with Gasteiger partial charge in [-0.25, -0.2) is 0 Å². The molecule has 3 aromatic carbocycles. The van der Waals surface area contributed by atoms with E-state index in [0.29, 0.717) is 0 Å². The van der Waals surface area contributed by atoms with Crippen LogP contribution in [-0.4, -0.2) is 0 Å². The highest BCUT2D eigenvalue weighted by Gasteiger charge is 2.39. The van der Waals surface area contributed by atoms with Crippen molar-refractivity contribution in [3.63, 3.8) is 0 Å². The highest BCUT2D eigenvalue weighted by atomic mass is 31.2. The molecule has 47 heavy (non-hydrogen) atoms. The van der Waals surface area contributed by atoms with Gasteiger partial charge in [-0.2, -0.15) is 4.57 Å². The van der Waals surface area contributed by atoms with E-state index >= 15 is 4.57 Å². The molecule has 0 heterocycles. The maximum atomic E-state index is 15.7. The van der Waals surface area contributed by atoms with E-state index in [1.54, 1.807) is 16.7 Å². The normalized spacial score (nSPS) is 20.1. The summed E-state index contributed by atoms with van der Waals surface area (Å²) in [5, 5.41) is 0. The van der Waals surface area contributed by atoms with Crippen molar-refractivity contribution in [2.75, 3.05) is 0 Å². The predicted molar refractivity (Wildman–Crippen MR) is 189 cm³/mol. The summed E-state index contributed by atoms with van der Waals surface area (Å²) in [6.07, 6.45) is 27.2. The molecule has 0 unspecified atom stereocenters. The molecule has 12 bridgehead atoms. The maximum Gasteiger partial charge on any atom is 0.647 e. The molecule has 5 heteroatoms. The van der Waals surface area contributed by atoms with E-state index in [9.17, 15) is 0 Å². The number of hydrogen-bond acceptors (Lipinski definition) is 4. The molecule has 0 aliphatic heterocycles. The van der Waals surface area contributed by atoms with Gasteiger partial charge < -0.3 is 13.6 Å². The number of phosphoric ester groups is 1. The van der Waals surface area contributed by atoms with E-state index in [2.05, 4.69) is 18.2 Å². The molecule has 0 saturated carbocycles. The number of hydrogen-bond donors (Lipinski definition) is 0. The molecule has 0 saturated heterocycles. The number of rotatable bonds is 6. The van der Waals surface area contributed by atoms with E-state index in [0.717, 1.165) is 114 Å². The first-order valence-corrected chi connectivity index (χ1v) is 20.8. The van der Waals surface area contributed by atoms with Crippen molar-refractivity contribution >= 4 is 7.82 Å². The summed E-state index contributed by atoms with van der Waals surface area (Å²) in [5.41, 5.74) is 17.0. The number of aryl methyl sites for hydroxylation is 3. The smallest absolute Gasteiger partial charge is 0.386 e. The largest absolute Gasteiger partial charge is 0.647 e. The van der Waals surface area contributed by atoms with E-state index in [4.69, 9.17) is 13.6 Å².